The van der Waals surface area contributed by atoms with Crippen LogP contribution in [0.2, 0.25) is 5.28 Å². The topological polar surface area (TPSA) is 84.7 Å². The highest BCUT2D eigenvalue weighted by Crippen LogP contribution is 2.30. The summed E-state index contributed by atoms with van der Waals surface area (Å²) in [6, 6.07) is 15.6. The molecule has 5 rings (SSSR count). The zero-order chi connectivity index (χ0) is 20.7. The predicted molar refractivity (Wildman–Crippen MR) is 117 cm³/mol. The van der Waals surface area contributed by atoms with E-state index < -0.39 is 0 Å². The Hall–Kier alpha value is -3.45. The van der Waals surface area contributed by atoms with Crippen molar-refractivity contribution in [3.8, 4) is 5.69 Å². The van der Waals surface area contributed by atoms with Crippen molar-refractivity contribution >= 4 is 40.0 Å². The summed E-state index contributed by atoms with van der Waals surface area (Å²) >= 11 is 6.24. The Bertz CT molecular complexity index is 1250. The highest BCUT2D eigenvalue weighted by atomic mass is 35.5. The Kier molecular flexibility index (Phi) is 4.59. The molecule has 0 radical (unpaired) electrons. The van der Waals surface area contributed by atoms with Crippen molar-refractivity contribution in [2.45, 2.75) is 25.8 Å². The normalized spacial score (nSPS) is 13.4. The molecule has 0 atom stereocenters. The molecule has 2 heterocycles. The van der Waals surface area contributed by atoms with Crippen molar-refractivity contribution < 1.29 is 4.79 Å². The summed E-state index contributed by atoms with van der Waals surface area (Å²) in [6.45, 7) is 1.95. The van der Waals surface area contributed by atoms with Crippen LogP contribution in [0.4, 0.5) is 11.5 Å². The molecule has 4 aromatic rings. The number of carbonyl (C=O) groups is 1. The monoisotopic (exact) mass is 418 g/mol. The van der Waals surface area contributed by atoms with Crippen LogP contribution in [0.25, 0.3) is 16.7 Å². The summed E-state index contributed by atoms with van der Waals surface area (Å²) in [6.07, 6.45) is 3.76. The molecular weight excluding hydrogens is 400 g/mol. The maximum absolute atomic E-state index is 12.8. The van der Waals surface area contributed by atoms with Crippen LogP contribution in [0.1, 0.15) is 28.8 Å². The molecule has 7 nitrogen and oxygen atoms in total. The first kappa shape index (κ1) is 18.6. The number of hydrogen-bond donors (Lipinski definition) is 2. The van der Waals surface area contributed by atoms with E-state index in [2.05, 4.69) is 25.7 Å². The fourth-order valence-electron chi connectivity index (χ4n) is 3.37. The molecule has 2 N–H and O–H groups in total. The first-order valence-corrected chi connectivity index (χ1v) is 10.1. The van der Waals surface area contributed by atoms with E-state index >= 15 is 0 Å². The summed E-state index contributed by atoms with van der Waals surface area (Å²) < 4.78 is 1.71. The van der Waals surface area contributed by atoms with Gasteiger partial charge in [0.05, 0.1) is 28.5 Å². The van der Waals surface area contributed by atoms with Gasteiger partial charge in [0.25, 0.3) is 5.91 Å². The Morgan fingerprint density at radius 1 is 1.10 bits per heavy atom. The lowest BCUT2D eigenvalue weighted by molar-refractivity contribution is 0.0952. The van der Waals surface area contributed by atoms with E-state index in [1.54, 1.807) is 16.9 Å². The molecule has 8 heteroatoms. The Morgan fingerprint density at radius 2 is 1.90 bits per heavy atom. The molecule has 150 valence electrons. The minimum atomic E-state index is -0.0972. The number of benzene rings is 2. The first-order valence-electron chi connectivity index (χ1n) is 9.74. The van der Waals surface area contributed by atoms with Gasteiger partial charge in [-0.15, -0.1) is 0 Å². The van der Waals surface area contributed by atoms with E-state index in [1.807, 2.05) is 49.4 Å². The fraction of sp³-hybridized carbons (Fsp3) is 0.182. The maximum Gasteiger partial charge on any atom is 0.253 e. The number of aromatic nitrogens is 4. The van der Waals surface area contributed by atoms with E-state index in [9.17, 15) is 4.79 Å². The summed E-state index contributed by atoms with van der Waals surface area (Å²) in [4.78, 5) is 21.5. The Morgan fingerprint density at radius 3 is 2.67 bits per heavy atom. The van der Waals surface area contributed by atoms with Gasteiger partial charge in [0.15, 0.2) is 5.65 Å². The number of nitrogens with one attached hydrogen (secondary N) is 2. The number of nitrogens with zero attached hydrogens (tertiary/aromatic N) is 4. The van der Waals surface area contributed by atoms with Crippen molar-refractivity contribution in [1.29, 1.82) is 0 Å². The molecule has 2 aromatic heterocycles. The van der Waals surface area contributed by atoms with Gasteiger partial charge in [-0.3, -0.25) is 4.79 Å². The minimum Gasteiger partial charge on any atom is -0.349 e. The predicted octanol–water partition coefficient (Wildman–Crippen LogP) is 4.41. The molecule has 1 aliphatic carbocycles. The lowest BCUT2D eigenvalue weighted by atomic mass is 10.1. The molecule has 1 saturated carbocycles. The number of rotatable bonds is 5. The van der Waals surface area contributed by atoms with Crippen molar-refractivity contribution in [2.75, 3.05) is 5.32 Å². The van der Waals surface area contributed by atoms with E-state index in [4.69, 9.17) is 11.6 Å². The smallest absolute Gasteiger partial charge is 0.253 e. The van der Waals surface area contributed by atoms with E-state index in [1.165, 1.54) is 0 Å². The number of aryl methyl sites for hydroxylation is 1. The maximum atomic E-state index is 12.8. The van der Waals surface area contributed by atoms with Gasteiger partial charge in [-0.2, -0.15) is 15.1 Å². The molecule has 0 unspecified atom stereocenters. The van der Waals surface area contributed by atoms with Gasteiger partial charge in [-0.1, -0.05) is 30.3 Å². The number of carbonyl (C=O) groups excluding carboxylic acids is 1. The average molecular weight is 419 g/mol. The summed E-state index contributed by atoms with van der Waals surface area (Å²) in [7, 11) is 0. The van der Waals surface area contributed by atoms with Gasteiger partial charge >= 0.3 is 0 Å². The third-order valence-electron chi connectivity index (χ3n) is 5.08. The third-order valence-corrected chi connectivity index (χ3v) is 5.24. The molecule has 1 aliphatic rings. The number of fused-ring (bicyclic) bond motifs is 1. The SMILES string of the molecule is Cc1cccc(C(=O)NC2CC2)c1Nc1nc(Cl)nc2c1cnn2-c1ccccc1. The second-order valence-corrected chi connectivity index (χ2v) is 7.68. The molecule has 1 amide bonds. The van der Waals surface area contributed by atoms with Gasteiger partial charge in [0, 0.05) is 6.04 Å². The third kappa shape index (κ3) is 3.48. The van der Waals surface area contributed by atoms with Crippen LogP contribution in [0.5, 0.6) is 0 Å². The number of halogens is 1. The van der Waals surface area contributed by atoms with Crippen molar-refractivity contribution in [1.82, 2.24) is 25.1 Å². The second-order valence-electron chi connectivity index (χ2n) is 7.34. The standard InChI is InChI=1S/C22H19ClN6O/c1-13-6-5-9-16(21(30)25-14-10-11-14)18(13)26-19-17-12-24-29(15-7-3-2-4-8-15)20(17)28-22(23)27-19/h2-9,12,14H,10-11H2,1H3,(H,25,30)(H,26,27,28). The van der Waals surface area contributed by atoms with Crippen molar-refractivity contribution in [2.24, 2.45) is 0 Å². The van der Waals surface area contributed by atoms with Crippen LogP contribution in [0, 0.1) is 6.92 Å². The van der Waals surface area contributed by atoms with Crippen LogP contribution >= 0.6 is 11.6 Å². The number of para-hydroxylation sites is 2. The molecule has 0 spiro atoms. The highest BCUT2D eigenvalue weighted by Gasteiger charge is 2.25. The van der Waals surface area contributed by atoms with Crippen LogP contribution in [-0.4, -0.2) is 31.7 Å². The lowest BCUT2D eigenvalue weighted by Gasteiger charge is -2.15. The van der Waals surface area contributed by atoms with Gasteiger partial charge in [-0.25, -0.2) is 4.68 Å². The van der Waals surface area contributed by atoms with Crippen LogP contribution in [0.15, 0.2) is 54.7 Å². The lowest BCUT2D eigenvalue weighted by Crippen LogP contribution is -2.26. The van der Waals surface area contributed by atoms with Gasteiger partial charge in [0.2, 0.25) is 5.28 Å². The number of amides is 1. The highest BCUT2D eigenvalue weighted by molar-refractivity contribution is 6.28. The first-order chi connectivity index (χ1) is 14.6. The van der Waals surface area contributed by atoms with Gasteiger partial charge < -0.3 is 10.6 Å². The van der Waals surface area contributed by atoms with Gasteiger partial charge in [0.1, 0.15) is 5.82 Å². The zero-order valence-electron chi connectivity index (χ0n) is 16.3. The second kappa shape index (κ2) is 7.42. The molecule has 2 aromatic carbocycles. The molecule has 0 bridgehead atoms. The van der Waals surface area contributed by atoms with E-state index in [0.717, 1.165) is 24.1 Å². The quantitative estimate of drug-likeness (QED) is 0.469. The molecule has 0 aliphatic heterocycles. The Labute approximate surface area is 178 Å². The van der Waals surface area contributed by atoms with Gasteiger partial charge in [-0.05, 0) is 55.1 Å². The van der Waals surface area contributed by atoms with Crippen LogP contribution in [0.3, 0.4) is 0 Å². The fourth-order valence-corrected chi connectivity index (χ4v) is 3.53. The summed E-state index contributed by atoms with van der Waals surface area (Å²) in [5, 5.41) is 11.6. The zero-order valence-corrected chi connectivity index (χ0v) is 17.0. The van der Waals surface area contributed by atoms with Crippen molar-refractivity contribution in [3.63, 3.8) is 0 Å². The number of hydrogen-bond acceptors (Lipinski definition) is 5. The summed E-state index contributed by atoms with van der Waals surface area (Å²) in [5.41, 5.74) is 3.64. The van der Waals surface area contributed by atoms with E-state index in [0.29, 0.717) is 28.1 Å². The molecule has 30 heavy (non-hydrogen) atoms. The molecular formula is C22H19ClN6O. The number of anilines is 2. The molecule has 0 saturated heterocycles. The molecule has 1 fully saturated rings. The van der Waals surface area contributed by atoms with Crippen molar-refractivity contribution in [3.05, 3.63) is 71.1 Å². The minimum absolute atomic E-state index is 0.0972. The summed E-state index contributed by atoms with van der Waals surface area (Å²) in [5.74, 6) is 0.405. The largest absolute Gasteiger partial charge is 0.349 e. The Balaban J connectivity index is 1.58. The van der Waals surface area contributed by atoms with Crippen LogP contribution in [-0.2, 0) is 0 Å². The average Bonchev–Trinajstić information content (AvgIpc) is 3.45. The van der Waals surface area contributed by atoms with Crippen LogP contribution < -0.4 is 10.6 Å². The van der Waals surface area contributed by atoms with E-state index in [-0.39, 0.29) is 17.2 Å².